The van der Waals surface area contributed by atoms with Gasteiger partial charge in [-0.2, -0.15) is 0 Å². The van der Waals surface area contributed by atoms with Crippen LogP contribution < -0.4 is 21.9 Å². The van der Waals surface area contributed by atoms with Gasteiger partial charge in [0.1, 0.15) is 0 Å². The largest absolute Gasteiger partial charge is 0.206 e. The molecule has 0 aliphatic rings. The summed E-state index contributed by atoms with van der Waals surface area (Å²) >= 11 is 13.1. The summed E-state index contributed by atoms with van der Waals surface area (Å²) in [6.45, 7) is 15.2. The molecule has 0 atom stereocenters. The van der Waals surface area contributed by atoms with Gasteiger partial charge in [0.2, 0.25) is 6.71 Å². The Morgan fingerprint density at radius 1 is 0.600 bits per heavy atom. The van der Waals surface area contributed by atoms with Crippen LogP contribution >= 0.6 is 23.2 Å². The van der Waals surface area contributed by atoms with Crippen molar-refractivity contribution in [1.29, 1.82) is 0 Å². The number of rotatable bonds is 5. The molecule has 0 bridgehead atoms. The maximum atomic E-state index is 6.58. The molecule has 0 fully saturated rings. The molecule has 0 heterocycles. The highest BCUT2D eigenvalue weighted by Crippen LogP contribution is 2.22. The van der Waals surface area contributed by atoms with Gasteiger partial charge >= 0.3 is 0 Å². The summed E-state index contributed by atoms with van der Waals surface area (Å²) in [5.41, 5.74) is 14.6. The number of aryl methyl sites for hydroxylation is 4. The van der Waals surface area contributed by atoms with Gasteiger partial charge in [0.15, 0.2) is 7.28 Å². The lowest BCUT2D eigenvalue weighted by Crippen LogP contribution is -2.42. The average Bonchev–Trinajstić information content (AvgIpc) is 2.84. The third kappa shape index (κ3) is 5.11. The lowest BCUT2D eigenvalue weighted by Gasteiger charge is -2.19. The number of hydrogen-bond donors (Lipinski definition) is 0. The summed E-state index contributed by atoms with van der Waals surface area (Å²) in [6, 6.07) is 22.0. The summed E-state index contributed by atoms with van der Waals surface area (Å²) in [5, 5.41) is 1.73. The number of benzene rings is 4. The van der Waals surface area contributed by atoms with Crippen molar-refractivity contribution < 1.29 is 0 Å². The molecule has 0 N–H and O–H groups in total. The Hall–Kier alpha value is -2.41. The maximum absolute atomic E-state index is 6.58. The van der Waals surface area contributed by atoms with E-state index in [1.807, 2.05) is 0 Å². The van der Waals surface area contributed by atoms with Crippen LogP contribution in [0.3, 0.4) is 0 Å². The van der Waals surface area contributed by atoms with E-state index in [-0.39, 0.29) is 6.71 Å². The first-order chi connectivity index (χ1) is 16.6. The Bertz CT molecular complexity index is 1390. The minimum absolute atomic E-state index is 0.284. The number of halogens is 2. The molecular weight excluding hydrogens is 465 g/mol. The van der Waals surface area contributed by atoms with Crippen molar-refractivity contribution in [3.8, 4) is 11.1 Å². The molecule has 4 aromatic rings. The van der Waals surface area contributed by atoms with Crippen molar-refractivity contribution in [2.24, 2.45) is 0 Å². The molecule has 4 aromatic carbocycles. The van der Waals surface area contributed by atoms with Crippen molar-refractivity contribution in [3.63, 3.8) is 0 Å². The zero-order valence-electron chi connectivity index (χ0n) is 21.7. The predicted octanol–water partition coefficient (Wildman–Crippen LogP) is 6.40. The fraction of sp³-hybridized carbons (Fsp3) is 0.226. The van der Waals surface area contributed by atoms with Crippen molar-refractivity contribution in [3.05, 3.63) is 104 Å². The molecule has 35 heavy (non-hydrogen) atoms. The lowest BCUT2D eigenvalue weighted by atomic mass is 9.41. The molecule has 1 radical (unpaired) electrons. The fourth-order valence-corrected chi connectivity index (χ4v) is 5.62. The molecule has 175 valence electrons. The van der Waals surface area contributed by atoms with Crippen LogP contribution in [-0.2, 0) is 0 Å². The zero-order valence-corrected chi connectivity index (χ0v) is 23.2. The molecule has 0 amide bonds. The van der Waals surface area contributed by atoms with Crippen molar-refractivity contribution in [2.45, 2.75) is 48.4 Å². The molecular formula is C31H31B2Cl2. The van der Waals surface area contributed by atoms with Gasteiger partial charge in [0.25, 0.3) is 0 Å². The first-order valence-electron chi connectivity index (χ1n) is 12.2. The summed E-state index contributed by atoms with van der Waals surface area (Å²) in [4.78, 5) is 0. The van der Waals surface area contributed by atoms with Crippen LogP contribution in [-0.4, -0.2) is 14.0 Å². The molecule has 0 saturated carbocycles. The Labute approximate surface area is 222 Å². The van der Waals surface area contributed by atoms with E-state index < -0.39 is 0 Å². The van der Waals surface area contributed by atoms with Gasteiger partial charge in [0, 0.05) is 10.0 Å². The molecule has 0 aromatic heterocycles. The van der Waals surface area contributed by atoms with Crippen LogP contribution in [0.5, 0.6) is 0 Å². The molecule has 4 rings (SSSR count). The zero-order chi connectivity index (χ0) is 25.4. The minimum Gasteiger partial charge on any atom is -0.0838 e. The Morgan fingerprint density at radius 2 is 1.09 bits per heavy atom. The second-order valence-electron chi connectivity index (χ2n) is 9.84. The van der Waals surface area contributed by atoms with Gasteiger partial charge < -0.3 is 0 Å². The molecule has 4 heteroatoms. The van der Waals surface area contributed by atoms with Crippen molar-refractivity contribution in [2.75, 3.05) is 0 Å². The third-order valence-corrected chi connectivity index (χ3v) is 8.44. The topological polar surface area (TPSA) is 0 Å². The van der Waals surface area contributed by atoms with E-state index in [4.69, 9.17) is 23.2 Å². The quantitative estimate of drug-likeness (QED) is 0.281. The van der Waals surface area contributed by atoms with E-state index in [2.05, 4.69) is 116 Å². The molecule has 0 unspecified atom stereocenters. The van der Waals surface area contributed by atoms with Gasteiger partial charge in [0.05, 0.1) is 0 Å². The van der Waals surface area contributed by atoms with Crippen LogP contribution in [0.2, 0.25) is 16.9 Å². The van der Waals surface area contributed by atoms with Crippen molar-refractivity contribution in [1.82, 2.24) is 0 Å². The monoisotopic (exact) mass is 495 g/mol. The normalized spacial score (nSPS) is 11.0. The number of hydrogen-bond acceptors (Lipinski definition) is 0. The second-order valence-corrected chi connectivity index (χ2v) is 10.6. The van der Waals surface area contributed by atoms with E-state index in [0.29, 0.717) is 0 Å². The summed E-state index contributed by atoms with van der Waals surface area (Å²) in [5.74, 6) is 0. The third-order valence-electron chi connectivity index (χ3n) is 7.27. The summed E-state index contributed by atoms with van der Waals surface area (Å²) < 4.78 is 0. The first kappa shape index (κ1) is 25.7. The van der Waals surface area contributed by atoms with Gasteiger partial charge in [-0.15, -0.1) is 0 Å². The highest BCUT2D eigenvalue weighted by atomic mass is 35.5. The van der Waals surface area contributed by atoms with Crippen LogP contribution in [0.1, 0.15) is 33.4 Å². The SMILES string of the molecule is CB(c1ccc(-c2ccc([B]c3c(C)cc(C)c(Cl)c3C)cc2)cc1)c1c(C)cc(C)c(Cl)c1C. The van der Waals surface area contributed by atoms with E-state index >= 15 is 0 Å². The first-order valence-corrected chi connectivity index (χ1v) is 12.9. The Balaban J connectivity index is 1.55. The van der Waals surface area contributed by atoms with Crippen LogP contribution in [0.15, 0.2) is 60.7 Å². The predicted molar refractivity (Wildman–Crippen MR) is 159 cm³/mol. The lowest BCUT2D eigenvalue weighted by molar-refractivity contribution is 1.35. The Kier molecular flexibility index (Phi) is 7.55. The Morgan fingerprint density at radius 3 is 1.66 bits per heavy atom. The van der Waals surface area contributed by atoms with Crippen LogP contribution in [0.4, 0.5) is 0 Å². The fourth-order valence-electron chi connectivity index (χ4n) is 5.31. The molecule has 0 aliphatic heterocycles. The van der Waals surface area contributed by atoms with Gasteiger partial charge in [-0.25, -0.2) is 0 Å². The highest BCUT2D eigenvalue weighted by molar-refractivity contribution is 6.85. The maximum Gasteiger partial charge on any atom is 0.206 e. The second kappa shape index (κ2) is 10.3. The molecule has 0 saturated heterocycles. The summed E-state index contributed by atoms with van der Waals surface area (Å²) in [7, 11) is 2.22. The van der Waals surface area contributed by atoms with Crippen LogP contribution in [0.25, 0.3) is 11.1 Å². The van der Waals surface area contributed by atoms with Gasteiger partial charge in [-0.1, -0.05) is 124 Å². The smallest absolute Gasteiger partial charge is 0.0838 e. The van der Waals surface area contributed by atoms with Gasteiger partial charge in [-0.3, -0.25) is 0 Å². The average molecular weight is 496 g/mol. The summed E-state index contributed by atoms with van der Waals surface area (Å²) in [6.07, 6.45) is 0. The molecule has 0 spiro atoms. The van der Waals surface area contributed by atoms with E-state index in [1.165, 1.54) is 49.7 Å². The molecule has 0 aliphatic carbocycles. The minimum atomic E-state index is 0.284. The molecule has 0 nitrogen and oxygen atoms in total. The van der Waals surface area contributed by atoms with Crippen molar-refractivity contribution >= 4 is 59.0 Å². The van der Waals surface area contributed by atoms with E-state index in [0.717, 1.165) is 26.7 Å². The van der Waals surface area contributed by atoms with E-state index in [1.54, 1.807) is 0 Å². The highest BCUT2D eigenvalue weighted by Gasteiger charge is 2.20. The van der Waals surface area contributed by atoms with E-state index in [9.17, 15) is 0 Å². The standard InChI is InChI=1S/C31H31B2Cl2/c1-18-16-20(3)30(34)22(5)28(18)32-26-12-8-24(9-13-26)25-10-14-27(15-11-25)33(7)29-19(2)17-21(4)31(35)23(29)6/h8-17H,1-7H3. The van der Waals surface area contributed by atoms with Crippen LogP contribution in [0, 0.1) is 41.5 Å². The van der Waals surface area contributed by atoms with Gasteiger partial charge in [-0.05, 0) is 74.9 Å².